The highest BCUT2D eigenvalue weighted by molar-refractivity contribution is 7.89. The van der Waals surface area contributed by atoms with E-state index in [1.165, 1.54) is 6.07 Å². The number of aryl methyl sites for hydroxylation is 1. The number of nitrogens with zero attached hydrogens (tertiary/aromatic N) is 1. The predicted octanol–water partition coefficient (Wildman–Crippen LogP) is 1.70. The number of sulfonamides is 1. The van der Waals surface area contributed by atoms with Gasteiger partial charge in [0.1, 0.15) is 0 Å². The number of hydrogen-bond acceptors (Lipinski definition) is 3. The molecule has 2 N–H and O–H groups in total. The van der Waals surface area contributed by atoms with Crippen molar-refractivity contribution < 1.29 is 8.42 Å². The molecule has 2 rings (SSSR count). The van der Waals surface area contributed by atoms with Crippen LogP contribution in [0.15, 0.2) is 47.6 Å². The quantitative estimate of drug-likeness (QED) is 0.879. The molecule has 88 valence electrons. The van der Waals surface area contributed by atoms with Gasteiger partial charge in [0.15, 0.2) is 0 Å². The molecule has 1 aromatic carbocycles. The highest BCUT2D eigenvalue weighted by Crippen LogP contribution is 2.26. The fourth-order valence-electron chi connectivity index (χ4n) is 1.64. The molecule has 0 saturated carbocycles. The van der Waals surface area contributed by atoms with E-state index >= 15 is 0 Å². The molecular formula is C12H12N2O2S. The Bertz CT molecular complexity index is 637. The predicted molar refractivity (Wildman–Crippen MR) is 65.8 cm³/mol. The maximum atomic E-state index is 11.5. The molecule has 0 aliphatic heterocycles. The molecular weight excluding hydrogens is 236 g/mol. The lowest BCUT2D eigenvalue weighted by Crippen LogP contribution is -2.13. The minimum Gasteiger partial charge on any atom is -0.264 e. The largest absolute Gasteiger partial charge is 0.264 e. The number of aromatic nitrogens is 1. The van der Waals surface area contributed by atoms with Gasteiger partial charge in [-0.3, -0.25) is 4.98 Å². The van der Waals surface area contributed by atoms with Crippen LogP contribution in [0, 0.1) is 6.92 Å². The van der Waals surface area contributed by atoms with E-state index in [1.54, 1.807) is 36.7 Å². The summed E-state index contributed by atoms with van der Waals surface area (Å²) in [6.45, 7) is 1.90. The minimum atomic E-state index is -3.73. The van der Waals surface area contributed by atoms with E-state index in [0.717, 1.165) is 11.1 Å². The molecule has 2 aromatic rings. The summed E-state index contributed by atoms with van der Waals surface area (Å²) in [5.74, 6) is 0. The molecule has 0 aliphatic carbocycles. The van der Waals surface area contributed by atoms with Crippen LogP contribution in [0.3, 0.4) is 0 Å². The van der Waals surface area contributed by atoms with E-state index in [1.807, 2.05) is 6.92 Å². The van der Waals surface area contributed by atoms with Gasteiger partial charge in [0, 0.05) is 23.5 Å². The van der Waals surface area contributed by atoms with Crippen molar-refractivity contribution in [3.05, 3.63) is 48.3 Å². The molecule has 0 atom stereocenters. The van der Waals surface area contributed by atoms with E-state index in [-0.39, 0.29) is 4.90 Å². The van der Waals surface area contributed by atoms with Crippen LogP contribution in [0.1, 0.15) is 5.56 Å². The van der Waals surface area contributed by atoms with Crippen molar-refractivity contribution in [2.75, 3.05) is 0 Å². The van der Waals surface area contributed by atoms with Gasteiger partial charge in [0.05, 0.1) is 4.90 Å². The summed E-state index contributed by atoms with van der Waals surface area (Å²) in [5.41, 5.74) is 2.29. The van der Waals surface area contributed by atoms with Crippen LogP contribution < -0.4 is 5.14 Å². The molecule has 0 spiro atoms. The summed E-state index contributed by atoms with van der Waals surface area (Å²) >= 11 is 0. The van der Waals surface area contributed by atoms with Crippen LogP contribution in [-0.4, -0.2) is 13.4 Å². The lowest BCUT2D eigenvalue weighted by atomic mass is 10.1. The first-order valence-electron chi connectivity index (χ1n) is 5.02. The van der Waals surface area contributed by atoms with Gasteiger partial charge in [-0.25, -0.2) is 13.6 Å². The number of hydrogen-bond donors (Lipinski definition) is 1. The van der Waals surface area contributed by atoms with Crippen molar-refractivity contribution in [3.8, 4) is 11.1 Å². The smallest absolute Gasteiger partial charge is 0.238 e. The van der Waals surface area contributed by atoms with E-state index in [4.69, 9.17) is 5.14 Å². The number of rotatable bonds is 2. The molecule has 0 unspecified atom stereocenters. The molecule has 4 nitrogen and oxygen atoms in total. The average Bonchev–Trinajstić information content (AvgIpc) is 2.28. The molecule has 0 bridgehead atoms. The zero-order chi connectivity index (χ0) is 12.5. The fourth-order valence-corrected chi connectivity index (χ4v) is 2.38. The van der Waals surface area contributed by atoms with Crippen LogP contribution in [0.4, 0.5) is 0 Å². The van der Waals surface area contributed by atoms with E-state index in [2.05, 4.69) is 4.98 Å². The van der Waals surface area contributed by atoms with Gasteiger partial charge in [0.25, 0.3) is 0 Å². The Balaban J connectivity index is 2.72. The van der Waals surface area contributed by atoms with Gasteiger partial charge >= 0.3 is 0 Å². The third kappa shape index (κ3) is 2.51. The Kier molecular flexibility index (Phi) is 2.95. The zero-order valence-electron chi connectivity index (χ0n) is 9.29. The van der Waals surface area contributed by atoms with Crippen molar-refractivity contribution >= 4 is 10.0 Å². The number of benzene rings is 1. The standard InChI is InChI=1S/C12H12N2O2S/c1-9-4-5-12(17(13,15)16)11(7-9)10-3-2-6-14-8-10/h2-8H,1H3,(H2,13,15,16). The Morgan fingerprint density at radius 3 is 2.59 bits per heavy atom. The van der Waals surface area contributed by atoms with Crippen LogP contribution in [-0.2, 0) is 10.0 Å². The molecule has 1 aromatic heterocycles. The maximum absolute atomic E-state index is 11.5. The van der Waals surface area contributed by atoms with Gasteiger partial charge < -0.3 is 0 Å². The average molecular weight is 248 g/mol. The van der Waals surface area contributed by atoms with Gasteiger partial charge in [-0.1, -0.05) is 23.8 Å². The van der Waals surface area contributed by atoms with Gasteiger partial charge in [-0.2, -0.15) is 0 Å². The molecule has 0 radical (unpaired) electrons. The number of nitrogens with two attached hydrogens (primary N) is 1. The Hall–Kier alpha value is -1.72. The maximum Gasteiger partial charge on any atom is 0.238 e. The highest BCUT2D eigenvalue weighted by Gasteiger charge is 2.15. The van der Waals surface area contributed by atoms with Gasteiger partial charge in [-0.15, -0.1) is 0 Å². The van der Waals surface area contributed by atoms with Crippen molar-refractivity contribution in [2.24, 2.45) is 5.14 Å². The van der Waals surface area contributed by atoms with Crippen LogP contribution in [0.5, 0.6) is 0 Å². The van der Waals surface area contributed by atoms with E-state index in [9.17, 15) is 8.42 Å². The lowest BCUT2D eigenvalue weighted by molar-refractivity contribution is 0.598. The van der Waals surface area contributed by atoms with Crippen molar-refractivity contribution in [1.82, 2.24) is 4.98 Å². The summed E-state index contributed by atoms with van der Waals surface area (Å²) in [6.07, 6.45) is 3.25. The molecule has 0 saturated heterocycles. The Morgan fingerprint density at radius 2 is 2.00 bits per heavy atom. The van der Waals surface area contributed by atoms with Crippen molar-refractivity contribution in [2.45, 2.75) is 11.8 Å². The first-order chi connectivity index (χ1) is 7.98. The minimum absolute atomic E-state index is 0.121. The zero-order valence-corrected chi connectivity index (χ0v) is 10.1. The first kappa shape index (κ1) is 11.8. The van der Waals surface area contributed by atoms with E-state index in [0.29, 0.717) is 5.56 Å². The van der Waals surface area contributed by atoms with E-state index < -0.39 is 10.0 Å². The summed E-state index contributed by atoms with van der Waals surface area (Å²) < 4.78 is 23.0. The highest BCUT2D eigenvalue weighted by atomic mass is 32.2. The number of primary sulfonamides is 1. The molecule has 0 fully saturated rings. The second kappa shape index (κ2) is 4.27. The molecule has 0 amide bonds. The topological polar surface area (TPSA) is 73.1 Å². The van der Waals surface area contributed by atoms with Crippen molar-refractivity contribution in [1.29, 1.82) is 0 Å². The molecule has 17 heavy (non-hydrogen) atoms. The third-order valence-corrected chi connectivity index (χ3v) is 3.38. The third-order valence-electron chi connectivity index (χ3n) is 2.41. The van der Waals surface area contributed by atoms with Crippen LogP contribution >= 0.6 is 0 Å². The first-order valence-corrected chi connectivity index (χ1v) is 6.57. The van der Waals surface area contributed by atoms with Crippen LogP contribution in [0.25, 0.3) is 11.1 Å². The fraction of sp³-hybridized carbons (Fsp3) is 0.0833. The summed E-state index contributed by atoms with van der Waals surface area (Å²) in [7, 11) is -3.73. The summed E-state index contributed by atoms with van der Waals surface area (Å²) in [6, 6.07) is 8.59. The Morgan fingerprint density at radius 1 is 1.24 bits per heavy atom. The second-order valence-corrected chi connectivity index (χ2v) is 5.32. The van der Waals surface area contributed by atoms with Gasteiger partial charge in [-0.05, 0) is 19.1 Å². The van der Waals surface area contributed by atoms with Gasteiger partial charge in [0.2, 0.25) is 10.0 Å². The summed E-state index contributed by atoms with van der Waals surface area (Å²) in [5, 5.41) is 5.20. The van der Waals surface area contributed by atoms with Crippen molar-refractivity contribution in [3.63, 3.8) is 0 Å². The second-order valence-electron chi connectivity index (χ2n) is 3.79. The monoisotopic (exact) mass is 248 g/mol. The normalized spacial score (nSPS) is 11.4. The van der Waals surface area contributed by atoms with Crippen LogP contribution in [0.2, 0.25) is 0 Å². The Labute approximate surface area is 100 Å². The number of pyridine rings is 1. The summed E-state index contributed by atoms with van der Waals surface area (Å²) in [4.78, 5) is 4.10. The lowest BCUT2D eigenvalue weighted by Gasteiger charge is -2.08. The molecule has 1 heterocycles. The molecule has 0 aliphatic rings. The molecule has 5 heteroatoms. The SMILES string of the molecule is Cc1ccc(S(N)(=O)=O)c(-c2cccnc2)c1.